The van der Waals surface area contributed by atoms with Crippen molar-refractivity contribution in [3.63, 3.8) is 0 Å². The molecule has 0 amide bonds. The normalized spacial score (nSPS) is 10.3. The number of hydrogen-bond donors (Lipinski definition) is 0. The van der Waals surface area contributed by atoms with Gasteiger partial charge in [-0.05, 0) is 0 Å². The first kappa shape index (κ1) is 46.1. The van der Waals surface area contributed by atoms with Crippen LogP contribution >= 0.6 is 0 Å². The maximum Gasteiger partial charge on any atom is 0 e. The summed E-state index contributed by atoms with van der Waals surface area (Å²) < 4.78 is 138. The van der Waals surface area contributed by atoms with Gasteiger partial charge in [-0.2, -0.15) is 0 Å². The van der Waals surface area contributed by atoms with E-state index in [2.05, 4.69) is 0 Å². The minimum atomic E-state index is -6.10. The predicted molar refractivity (Wildman–Crippen MR) is 43.0 cm³/mol. The molecule has 0 aromatic rings. The van der Waals surface area contributed by atoms with E-state index in [9.17, 15) is 0 Å². The van der Waals surface area contributed by atoms with Crippen LogP contribution < -0.4 is 40.6 Å². The molecule has 0 heterocycles. The van der Waals surface area contributed by atoms with Gasteiger partial charge in [-0.25, -0.2) is 0 Å². The average molecular weight is 1360 g/mol. The van der Waals surface area contributed by atoms with Gasteiger partial charge in [0.15, 0.2) is 0 Å². The summed E-state index contributed by atoms with van der Waals surface area (Å²) in [5.74, 6) is 0. The smallest absolute Gasteiger partial charge is 0 e. The maximum absolute atomic E-state index is 8.64. The molecule has 16 nitrogen and oxygen atoms in total. The Morgan fingerprint density at radius 2 is 0.304 bits per heavy atom. The Bertz CT molecular complexity index is 292. The van der Waals surface area contributed by atoms with Gasteiger partial charge >= 0.3 is 133 Å². The third-order valence-electron chi connectivity index (χ3n) is 0. The summed E-state index contributed by atoms with van der Waals surface area (Å²) in [5, 5.41) is 0. The van der Waals surface area contributed by atoms with Gasteiger partial charge in [0.2, 0.25) is 0 Å². The molecule has 0 fully saturated rings. The van der Waals surface area contributed by atoms with E-state index in [1.54, 1.807) is 0 Å². The van der Waals surface area contributed by atoms with Crippen molar-refractivity contribution in [1.29, 1.82) is 0 Å². The molecule has 23 heavy (non-hydrogen) atoms. The van der Waals surface area contributed by atoms with Crippen molar-refractivity contribution < 1.29 is 52.7 Å². The van der Waals surface area contributed by atoms with Crippen LogP contribution in [-0.2, 0) is 12.1 Å². The molecule has 0 aromatic heterocycles. The van der Waals surface area contributed by atoms with Crippen molar-refractivity contribution in [2.45, 2.75) is 0 Å². The van der Waals surface area contributed by atoms with Crippen molar-refractivity contribution in [2.24, 2.45) is 0 Å². The van der Waals surface area contributed by atoms with Crippen molar-refractivity contribution in [3.05, 3.63) is 0 Å². The van der Waals surface area contributed by atoms with Gasteiger partial charge in [-0.3, -0.25) is 0 Å². The molecule has 0 aliphatic rings. The summed E-state index contributed by atoms with van der Waals surface area (Å²) in [5.41, 5.74) is 0. The van der Waals surface area contributed by atoms with Crippen LogP contribution in [0.4, 0.5) is 0 Å². The number of rotatable bonds is 0. The van der Waals surface area contributed by atoms with Gasteiger partial charge in [-0.15, -0.1) is 0 Å². The van der Waals surface area contributed by atoms with E-state index in [1.165, 1.54) is 0 Å². The molecule has 0 saturated carbocycles. The Hall–Kier alpha value is 4.76. The van der Waals surface area contributed by atoms with Crippen molar-refractivity contribution in [1.82, 2.24) is 0 Å². The first-order valence-electron chi connectivity index (χ1n) is 2.92. The van der Waals surface area contributed by atoms with Gasteiger partial charge in [-0.1, -0.05) is 0 Å². The molecule has 140 valence electrons. The summed E-state index contributed by atoms with van der Waals surface area (Å²) in [6.07, 6.45) is 0. The first-order valence-corrected chi connectivity index (χ1v) is 19.6. The van der Waals surface area contributed by atoms with E-state index < -0.39 is 80.2 Å². The molecule has 12 radical (unpaired) electrons. The van der Waals surface area contributed by atoms with Crippen molar-refractivity contribution in [2.75, 3.05) is 0 Å². The second-order valence-electron chi connectivity index (χ2n) is 1.79. The molecular weight excluding hydrogens is 1360 g/mol. The Kier molecular flexibility index (Phi) is 43.1. The summed E-state index contributed by atoms with van der Waals surface area (Å²) in [4.78, 5) is 0. The zero-order valence-electron chi connectivity index (χ0n) is 9.82. The fourth-order valence-corrected chi connectivity index (χ4v) is 0. The van der Waals surface area contributed by atoms with Crippen LogP contribution in [0.5, 0.6) is 0 Å². The number of hydrogen-bond acceptors (Lipinski definition) is 16. The standard InChI is InChI=1S/16O.3Pb.4Sb/q;;;;12*-1;;;;;;;. The van der Waals surface area contributed by atoms with Gasteiger partial charge in [0.05, 0.1) is 0 Å². The molecule has 0 unspecified atom stereocenters. The summed E-state index contributed by atoms with van der Waals surface area (Å²) in [7, 11) is 0. The van der Waals surface area contributed by atoms with Crippen molar-refractivity contribution in [3.8, 4) is 0 Å². The van der Waals surface area contributed by atoms with E-state index in [0.29, 0.717) is 0 Å². The second kappa shape index (κ2) is 21.5. The average Bonchev–Trinajstić information content (AvgIpc) is 1.62. The molecule has 0 bridgehead atoms. The van der Waals surface area contributed by atoms with Crippen molar-refractivity contribution >= 4 is 162 Å². The molecule has 0 aliphatic carbocycles. The second-order valence-corrected chi connectivity index (χ2v) is 12.0. The Balaban J connectivity index is -0.0000000284. The van der Waals surface area contributed by atoms with Crippen LogP contribution in [0.1, 0.15) is 0 Å². The molecule has 0 rings (SSSR count). The minimum absolute atomic E-state index is 0. The third-order valence-corrected chi connectivity index (χ3v) is 0. The van der Waals surface area contributed by atoms with Crippen LogP contribution in [0.15, 0.2) is 0 Å². The van der Waals surface area contributed by atoms with E-state index in [1.807, 2.05) is 0 Å². The maximum atomic E-state index is 8.64. The van der Waals surface area contributed by atoms with E-state index >= 15 is 0 Å². The molecular formula is O16Pb3Sb4-12. The van der Waals surface area contributed by atoms with Gasteiger partial charge < -0.3 is 0 Å². The zero-order chi connectivity index (χ0) is 18.0. The van der Waals surface area contributed by atoms with E-state index in [4.69, 9.17) is 52.7 Å². The van der Waals surface area contributed by atoms with E-state index in [-0.39, 0.29) is 81.9 Å². The van der Waals surface area contributed by atoms with E-state index in [0.717, 1.165) is 0 Å². The Labute approximate surface area is 210 Å². The van der Waals surface area contributed by atoms with Crippen LogP contribution in [0.3, 0.4) is 0 Å². The van der Waals surface area contributed by atoms with Gasteiger partial charge in [0.25, 0.3) is 0 Å². The van der Waals surface area contributed by atoms with Crippen LogP contribution in [-0.4, -0.2) is 162 Å². The quantitative estimate of drug-likeness (QED) is 0.203. The molecule has 0 spiro atoms. The van der Waals surface area contributed by atoms with Crippen LogP contribution in [0, 0.1) is 0 Å². The third kappa shape index (κ3) is 724. The SMILES string of the molecule is [O]=[Sb]([O-])([O-])[O-].[O]=[Sb]([O-])([O-])[O-].[O]=[Sb]([O-])([O-])[O-].[O]=[Sb]([O-])([O-])[O-].[Pb].[Pb].[Pb]. The topological polar surface area (TPSA) is 345 Å². The van der Waals surface area contributed by atoms with Gasteiger partial charge in [0, 0.05) is 81.9 Å². The fourth-order valence-electron chi connectivity index (χ4n) is 0. The monoisotopic (exact) mass is 1360 g/mol. The minimum Gasteiger partial charge on any atom is 0 e. The predicted octanol–water partition coefficient (Wildman–Crippen LogP) is -17.4. The Morgan fingerprint density at radius 1 is 0.304 bits per heavy atom. The van der Waals surface area contributed by atoms with Crippen LogP contribution in [0.2, 0.25) is 0 Å². The van der Waals surface area contributed by atoms with Gasteiger partial charge in [0.1, 0.15) is 0 Å². The Morgan fingerprint density at radius 3 is 0.304 bits per heavy atom. The molecule has 0 saturated heterocycles. The summed E-state index contributed by atoms with van der Waals surface area (Å²) in [6.45, 7) is 0. The fraction of sp³-hybridized carbons (Fsp3) is 0. The molecule has 0 aliphatic heterocycles. The zero-order valence-corrected chi connectivity index (χ0v) is 31.7. The summed E-state index contributed by atoms with van der Waals surface area (Å²) in [6, 6.07) is 0. The van der Waals surface area contributed by atoms with Crippen LogP contribution in [0.25, 0.3) is 0 Å². The molecule has 0 atom stereocenters. The summed E-state index contributed by atoms with van der Waals surface area (Å²) >= 11 is -24.4. The molecule has 0 aromatic carbocycles. The molecule has 0 N–H and O–H groups in total. The first-order chi connectivity index (χ1) is 8.00. The molecule has 23 heteroatoms. The largest absolute Gasteiger partial charge is 0 e.